The van der Waals surface area contributed by atoms with E-state index in [9.17, 15) is 4.79 Å². The van der Waals surface area contributed by atoms with E-state index < -0.39 is 11.3 Å². The van der Waals surface area contributed by atoms with Crippen LogP contribution < -0.4 is 4.74 Å². The molecule has 2 rings (SSSR count). The number of hydrogen-bond acceptors (Lipinski definition) is 2. The lowest BCUT2D eigenvalue weighted by Crippen LogP contribution is -2.22. The highest BCUT2D eigenvalue weighted by molar-refractivity contribution is 6.64. The van der Waals surface area contributed by atoms with Crippen molar-refractivity contribution >= 4 is 27.6 Å². The molecule has 0 heterocycles. The molecule has 0 bridgehead atoms. The normalized spacial score (nSPS) is 12.4. The van der Waals surface area contributed by atoms with Gasteiger partial charge in [-0.15, -0.1) is 0 Å². The van der Waals surface area contributed by atoms with Gasteiger partial charge in [0, 0.05) is 5.39 Å². The van der Waals surface area contributed by atoms with Crippen molar-refractivity contribution in [3.8, 4) is 5.75 Å². The molecule has 2 nitrogen and oxygen atoms in total. The molecule has 2 aromatic carbocycles. The first-order chi connectivity index (χ1) is 8.22. The molecule has 88 valence electrons. The molecule has 17 heavy (non-hydrogen) atoms. The van der Waals surface area contributed by atoms with Crippen molar-refractivity contribution in [2.75, 3.05) is 0 Å². The Balaban J connectivity index is 2.38. The molecule has 1 atom stereocenters. The molecule has 0 saturated heterocycles. The van der Waals surface area contributed by atoms with Crippen LogP contribution in [0.3, 0.4) is 0 Å². The summed E-state index contributed by atoms with van der Waals surface area (Å²) in [4.78, 5) is 11.2. The molecule has 0 saturated carbocycles. The third-order valence-corrected chi connectivity index (χ3v) is 2.89. The minimum absolute atomic E-state index is 0.458. The zero-order chi connectivity index (χ0) is 12.3. The van der Waals surface area contributed by atoms with Crippen molar-refractivity contribution in [3.63, 3.8) is 0 Å². The van der Waals surface area contributed by atoms with E-state index in [1.54, 1.807) is 0 Å². The summed E-state index contributed by atoms with van der Waals surface area (Å²) < 4.78 is 5.66. The minimum Gasteiger partial charge on any atom is -0.481 e. The molecule has 0 N–H and O–H groups in total. The van der Waals surface area contributed by atoms with Crippen LogP contribution in [0.5, 0.6) is 5.75 Å². The van der Waals surface area contributed by atoms with Crippen molar-refractivity contribution in [1.29, 1.82) is 0 Å². The maximum Gasteiger partial charge on any atom is 0.262 e. The second-order valence-electron chi connectivity index (χ2n) is 3.80. The van der Waals surface area contributed by atoms with E-state index in [4.69, 9.17) is 16.3 Å². The van der Waals surface area contributed by atoms with E-state index in [1.165, 1.54) is 0 Å². The van der Waals surface area contributed by atoms with Crippen molar-refractivity contribution in [2.45, 2.75) is 19.4 Å². The number of halogens is 1. The third-order valence-electron chi connectivity index (χ3n) is 2.64. The number of carbonyl (C=O) groups is 1. The highest BCUT2D eigenvalue weighted by atomic mass is 35.5. The fourth-order valence-electron chi connectivity index (χ4n) is 1.74. The van der Waals surface area contributed by atoms with Crippen LogP contribution in [0, 0.1) is 0 Å². The van der Waals surface area contributed by atoms with Gasteiger partial charge < -0.3 is 4.74 Å². The first-order valence-corrected chi connectivity index (χ1v) is 5.94. The summed E-state index contributed by atoms with van der Waals surface area (Å²) in [7, 11) is 0. The van der Waals surface area contributed by atoms with Crippen LogP contribution >= 0.6 is 11.6 Å². The molecule has 3 heteroatoms. The molecule has 2 aromatic rings. The Morgan fingerprint density at radius 2 is 1.94 bits per heavy atom. The number of fused-ring (bicyclic) bond motifs is 1. The Morgan fingerprint density at radius 3 is 2.65 bits per heavy atom. The molecular weight excluding hydrogens is 236 g/mol. The summed E-state index contributed by atoms with van der Waals surface area (Å²) in [5.41, 5.74) is 0. The average molecular weight is 249 g/mol. The predicted octanol–water partition coefficient (Wildman–Crippen LogP) is 3.76. The van der Waals surface area contributed by atoms with E-state index in [0.717, 1.165) is 10.8 Å². The molecule has 0 aliphatic rings. The van der Waals surface area contributed by atoms with Crippen molar-refractivity contribution in [1.82, 2.24) is 0 Å². The summed E-state index contributed by atoms with van der Waals surface area (Å²) in [5.74, 6) is 0.698. The van der Waals surface area contributed by atoms with Gasteiger partial charge in [0.25, 0.3) is 5.24 Å². The van der Waals surface area contributed by atoms with Crippen LogP contribution in [0.4, 0.5) is 0 Å². The van der Waals surface area contributed by atoms with Gasteiger partial charge in [0.2, 0.25) is 0 Å². The first kappa shape index (κ1) is 11.9. The Morgan fingerprint density at radius 1 is 1.24 bits per heavy atom. The summed E-state index contributed by atoms with van der Waals surface area (Å²) >= 11 is 5.48. The van der Waals surface area contributed by atoms with Gasteiger partial charge in [0.1, 0.15) is 5.75 Å². The molecule has 0 radical (unpaired) electrons. The van der Waals surface area contributed by atoms with Crippen LogP contribution in [-0.4, -0.2) is 11.3 Å². The summed E-state index contributed by atoms with van der Waals surface area (Å²) in [6.45, 7) is 1.87. The van der Waals surface area contributed by atoms with Gasteiger partial charge in [-0.1, -0.05) is 43.3 Å². The lowest BCUT2D eigenvalue weighted by Gasteiger charge is -2.15. The lowest BCUT2D eigenvalue weighted by atomic mass is 10.1. The molecular formula is C14H13ClO2. The van der Waals surface area contributed by atoms with E-state index in [1.807, 2.05) is 49.4 Å². The lowest BCUT2D eigenvalue weighted by molar-refractivity contribution is -0.117. The van der Waals surface area contributed by atoms with Crippen molar-refractivity contribution in [3.05, 3.63) is 42.5 Å². The monoisotopic (exact) mass is 248 g/mol. The van der Waals surface area contributed by atoms with Gasteiger partial charge in [0.15, 0.2) is 6.10 Å². The van der Waals surface area contributed by atoms with Crippen LogP contribution in [0.25, 0.3) is 10.8 Å². The van der Waals surface area contributed by atoms with Crippen LogP contribution in [-0.2, 0) is 4.79 Å². The molecule has 0 aromatic heterocycles. The van der Waals surface area contributed by atoms with Crippen molar-refractivity contribution in [2.24, 2.45) is 0 Å². The highest BCUT2D eigenvalue weighted by Crippen LogP contribution is 2.26. The maximum absolute atomic E-state index is 11.2. The van der Waals surface area contributed by atoms with Gasteiger partial charge in [-0.05, 0) is 29.5 Å². The fraction of sp³-hybridized carbons (Fsp3) is 0.214. The topological polar surface area (TPSA) is 26.3 Å². The smallest absolute Gasteiger partial charge is 0.262 e. The Labute approximate surface area is 105 Å². The summed E-state index contributed by atoms with van der Waals surface area (Å²) in [6.07, 6.45) is -0.0200. The minimum atomic E-state index is -0.581. The summed E-state index contributed by atoms with van der Waals surface area (Å²) in [6, 6.07) is 13.6. The van der Waals surface area contributed by atoms with E-state index in [2.05, 4.69) is 0 Å². The molecule has 0 spiro atoms. The third kappa shape index (κ3) is 2.59. The average Bonchev–Trinajstić information content (AvgIpc) is 2.35. The van der Waals surface area contributed by atoms with Crippen LogP contribution in [0.2, 0.25) is 0 Å². The number of hydrogen-bond donors (Lipinski definition) is 0. The Bertz CT molecular complexity index is 531. The molecule has 0 aliphatic heterocycles. The van der Waals surface area contributed by atoms with Gasteiger partial charge >= 0.3 is 0 Å². The Kier molecular flexibility index (Phi) is 3.64. The second-order valence-corrected chi connectivity index (χ2v) is 4.17. The van der Waals surface area contributed by atoms with Gasteiger partial charge in [-0.25, -0.2) is 0 Å². The zero-order valence-electron chi connectivity index (χ0n) is 9.52. The number of ether oxygens (including phenoxy) is 1. The van der Waals surface area contributed by atoms with Gasteiger partial charge in [-0.3, -0.25) is 4.79 Å². The van der Waals surface area contributed by atoms with E-state index in [-0.39, 0.29) is 0 Å². The molecule has 0 aliphatic carbocycles. The molecule has 0 unspecified atom stereocenters. The second kappa shape index (κ2) is 5.19. The SMILES string of the molecule is CC[C@@H](Oc1cccc2ccccc12)C(=O)Cl. The largest absolute Gasteiger partial charge is 0.481 e. The zero-order valence-corrected chi connectivity index (χ0v) is 10.3. The number of rotatable bonds is 4. The maximum atomic E-state index is 11.2. The van der Waals surface area contributed by atoms with Crippen LogP contribution in [0.1, 0.15) is 13.3 Å². The standard InChI is InChI=1S/C14H13ClO2/c1-2-12(14(15)16)17-13-9-5-7-10-6-3-4-8-11(10)13/h3-9,12H,2H2,1H3/t12-/m1/s1. The Hall–Kier alpha value is -1.54. The molecule has 0 amide bonds. The fourth-order valence-corrected chi connectivity index (χ4v) is 1.94. The van der Waals surface area contributed by atoms with E-state index in [0.29, 0.717) is 12.2 Å². The number of carbonyl (C=O) groups excluding carboxylic acids is 1. The van der Waals surface area contributed by atoms with Gasteiger partial charge in [0.05, 0.1) is 0 Å². The number of benzene rings is 2. The van der Waals surface area contributed by atoms with Crippen LogP contribution in [0.15, 0.2) is 42.5 Å². The summed E-state index contributed by atoms with van der Waals surface area (Å²) in [5, 5.41) is 1.62. The van der Waals surface area contributed by atoms with Crippen molar-refractivity contribution < 1.29 is 9.53 Å². The molecule has 0 fully saturated rings. The predicted molar refractivity (Wildman–Crippen MR) is 69.5 cm³/mol. The highest BCUT2D eigenvalue weighted by Gasteiger charge is 2.16. The van der Waals surface area contributed by atoms with E-state index >= 15 is 0 Å². The first-order valence-electron chi connectivity index (χ1n) is 5.56. The quantitative estimate of drug-likeness (QED) is 0.770. The van der Waals surface area contributed by atoms with Gasteiger partial charge in [-0.2, -0.15) is 0 Å².